The molecule has 1 saturated carbocycles. The van der Waals surface area contributed by atoms with E-state index in [0.717, 1.165) is 17.2 Å². The average Bonchev–Trinajstić information content (AvgIpc) is 3.31. The molecular formula is C17H20N4O. The van der Waals surface area contributed by atoms with Crippen LogP contribution in [0.25, 0.3) is 0 Å². The smallest absolute Gasteiger partial charge is 0.255 e. The molecule has 114 valence electrons. The number of aromatic nitrogens is 1. The summed E-state index contributed by atoms with van der Waals surface area (Å²) in [4.78, 5) is 18.6. The van der Waals surface area contributed by atoms with Gasteiger partial charge in [0.05, 0.1) is 0 Å². The van der Waals surface area contributed by atoms with Gasteiger partial charge in [0.25, 0.3) is 5.91 Å². The average molecular weight is 296 g/mol. The molecule has 1 heterocycles. The summed E-state index contributed by atoms with van der Waals surface area (Å²) in [6, 6.07) is 11.8. The van der Waals surface area contributed by atoms with E-state index in [2.05, 4.69) is 15.6 Å². The third-order valence-electron chi connectivity index (χ3n) is 3.57. The van der Waals surface area contributed by atoms with Crippen molar-refractivity contribution in [3.05, 3.63) is 48.2 Å². The molecule has 3 rings (SSSR count). The minimum absolute atomic E-state index is 0.128. The highest BCUT2D eigenvalue weighted by Gasteiger charge is 2.21. The van der Waals surface area contributed by atoms with Gasteiger partial charge < -0.3 is 15.5 Å². The maximum Gasteiger partial charge on any atom is 0.255 e. The zero-order valence-corrected chi connectivity index (χ0v) is 12.8. The van der Waals surface area contributed by atoms with Crippen molar-refractivity contribution in [3.63, 3.8) is 0 Å². The number of rotatable bonds is 5. The van der Waals surface area contributed by atoms with Crippen LogP contribution in [0.2, 0.25) is 0 Å². The van der Waals surface area contributed by atoms with Crippen molar-refractivity contribution in [2.45, 2.75) is 18.9 Å². The predicted octanol–water partition coefficient (Wildman–Crippen LogP) is 2.97. The standard InChI is InChI=1S/C17H20N4O/c1-21(2)15-5-3-4-14(11-15)20-17(22)12-8-9-18-16(10-12)19-13-6-7-13/h3-5,8-11,13H,6-7H2,1-2H3,(H,18,19)(H,20,22). The molecule has 1 aromatic carbocycles. The lowest BCUT2D eigenvalue weighted by molar-refractivity contribution is 0.102. The third kappa shape index (κ3) is 3.55. The Morgan fingerprint density at radius 2 is 2.05 bits per heavy atom. The van der Waals surface area contributed by atoms with Crippen molar-refractivity contribution >= 4 is 23.1 Å². The summed E-state index contributed by atoms with van der Waals surface area (Å²) in [6.45, 7) is 0. The van der Waals surface area contributed by atoms with E-state index in [9.17, 15) is 4.79 Å². The fourth-order valence-corrected chi connectivity index (χ4v) is 2.15. The van der Waals surface area contributed by atoms with Crippen LogP contribution in [0.5, 0.6) is 0 Å². The van der Waals surface area contributed by atoms with Gasteiger partial charge in [0.15, 0.2) is 0 Å². The van der Waals surface area contributed by atoms with Gasteiger partial charge in [0.2, 0.25) is 0 Å². The van der Waals surface area contributed by atoms with E-state index in [1.165, 1.54) is 12.8 Å². The summed E-state index contributed by atoms with van der Waals surface area (Å²) in [6.07, 6.45) is 4.01. The van der Waals surface area contributed by atoms with Crippen LogP contribution in [0.15, 0.2) is 42.6 Å². The van der Waals surface area contributed by atoms with Gasteiger partial charge in [0.1, 0.15) is 5.82 Å². The molecule has 5 nitrogen and oxygen atoms in total. The molecule has 1 aliphatic carbocycles. The lowest BCUT2D eigenvalue weighted by Crippen LogP contribution is -2.14. The summed E-state index contributed by atoms with van der Waals surface area (Å²) in [5.74, 6) is 0.634. The van der Waals surface area contributed by atoms with Crippen LogP contribution in [0.4, 0.5) is 17.2 Å². The van der Waals surface area contributed by atoms with E-state index < -0.39 is 0 Å². The third-order valence-corrected chi connectivity index (χ3v) is 3.57. The Balaban J connectivity index is 1.72. The number of anilines is 3. The first-order valence-corrected chi connectivity index (χ1v) is 7.43. The number of hydrogen-bond donors (Lipinski definition) is 2. The summed E-state index contributed by atoms with van der Waals surface area (Å²) in [5, 5.41) is 6.23. The van der Waals surface area contributed by atoms with E-state index in [1.807, 2.05) is 43.3 Å². The first-order valence-electron chi connectivity index (χ1n) is 7.43. The predicted molar refractivity (Wildman–Crippen MR) is 89.6 cm³/mol. The number of benzene rings is 1. The van der Waals surface area contributed by atoms with Gasteiger partial charge in [-0.25, -0.2) is 4.98 Å². The Hall–Kier alpha value is -2.56. The monoisotopic (exact) mass is 296 g/mol. The van der Waals surface area contributed by atoms with Crippen LogP contribution >= 0.6 is 0 Å². The number of nitrogens with one attached hydrogen (secondary N) is 2. The lowest BCUT2D eigenvalue weighted by Gasteiger charge is -2.14. The minimum Gasteiger partial charge on any atom is -0.378 e. The van der Waals surface area contributed by atoms with Crippen LogP contribution < -0.4 is 15.5 Å². The van der Waals surface area contributed by atoms with Gasteiger partial charge in [-0.05, 0) is 43.2 Å². The summed E-state index contributed by atoms with van der Waals surface area (Å²) in [5.41, 5.74) is 2.43. The van der Waals surface area contributed by atoms with Crippen molar-refractivity contribution in [1.29, 1.82) is 0 Å². The number of nitrogens with zero attached hydrogens (tertiary/aromatic N) is 2. The molecular weight excluding hydrogens is 276 g/mol. The maximum absolute atomic E-state index is 12.4. The molecule has 0 spiro atoms. The van der Waals surface area contributed by atoms with Crippen molar-refractivity contribution in [3.8, 4) is 0 Å². The number of carbonyl (C=O) groups excluding carboxylic acids is 1. The molecule has 0 saturated heterocycles. The molecule has 2 aromatic rings. The zero-order valence-electron chi connectivity index (χ0n) is 12.8. The van der Waals surface area contributed by atoms with Crippen molar-refractivity contribution in [2.24, 2.45) is 0 Å². The van der Waals surface area contributed by atoms with Gasteiger partial charge >= 0.3 is 0 Å². The van der Waals surface area contributed by atoms with Crippen LogP contribution in [0.3, 0.4) is 0 Å². The molecule has 2 N–H and O–H groups in total. The largest absolute Gasteiger partial charge is 0.378 e. The second kappa shape index (κ2) is 6.05. The van der Waals surface area contributed by atoms with Crippen molar-refractivity contribution in [2.75, 3.05) is 29.6 Å². The van der Waals surface area contributed by atoms with Gasteiger partial charge in [-0.15, -0.1) is 0 Å². The van der Waals surface area contributed by atoms with Gasteiger partial charge in [0, 0.05) is 43.3 Å². The molecule has 0 aliphatic heterocycles. The normalized spacial score (nSPS) is 13.5. The van der Waals surface area contributed by atoms with E-state index in [1.54, 1.807) is 18.3 Å². The molecule has 0 atom stereocenters. The van der Waals surface area contributed by atoms with E-state index in [4.69, 9.17) is 0 Å². The second-order valence-corrected chi connectivity index (χ2v) is 5.75. The number of carbonyl (C=O) groups is 1. The second-order valence-electron chi connectivity index (χ2n) is 5.75. The SMILES string of the molecule is CN(C)c1cccc(NC(=O)c2ccnc(NC3CC3)c2)c1. The summed E-state index contributed by atoms with van der Waals surface area (Å²) in [7, 11) is 3.94. The van der Waals surface area contributed by atoms with Crippen LogP contribution in [0.1, 0.15) is 23.2 Å². The maximum atomic E-state index is 12.4. The highest BCUT2D eigenvalue weighted by Crippen LogP contribution is 2.24. The topological polar surface area (TPSA) is 57.3 Å². The minimum atomic E-state index is -0.128. The molecule has 1 aromatic heterocycles. The first-order chi connectivity index (χ1) is 10.6. The molecule has 22 heavy (non-hydrogen) atoms. The highest BCUT2D eigenvalue weighted by atomic mass is 16.1. The Morgan fingerprint density at radius 1 is 1.23 bits per heavy atom. The Kier molecular flexibility index (Phi) is 3.96. The quantitative estimate of drug-likeness (QED) is 0.890. The van der Waals surface area contributed by atoms with Crippen molar-refractivity contribution in [1.82, 2.24) is 4.98 Å². The van der Waals surface area contributed by atoms with Crippen LogP contribution in [0, 0.1) is 0 Å². The lowest BCUT2D eigenvalue weighted by atomic mass is 10.2. The van der Waals surface area contributed by atoms with Gasteiger partial charge in [-0.2, -0.15) is 0 Å². The molecule has 0 radical (unpaired) electrons. The molecule has 1 aliphatic rings. The van der Waals surface area contributed by atoms with E-state index in [0.29, 0.717) is 11.6 Å². The fourth-order valence-electron chi connectivity index (χ4n) is 2.15. The number of hydrogen-bond acceptors (Lipinski definition) is 4. The van der Waals surface area contributed by atoms with E-state index in [-0.39, 0.29) is 5.91 Å². The van der Waals surface area contributed by atoms with Crippen LogP contribution in [-0.2, 0) is 0 Å². The summed E-state index contributed by atoms with van der Waals surface area (Å²) < 4.78 is 0. The molecule has 0 unspecified atom stereocenters. The Labute approximate surface area is 130 Å². The molecule has 1 fully saturated rings. The van der Waals surface area contributed by atoms with Gasteiger partial charge in [-0.3, -0.25) is 4.79 Å². The molecule has 1 amide bonds. The van der Waals surface area contributed by atoms with E-state index >= 15 is 0 Å². The summed E-state index contributed by atoms with van der Waals surface area (Å²) >= 11 is 0. The zero-order chi connectivity index (χ0) is 15.5. The highest BCUT2D eigenvalue weighted by molar-refractivity contribution is 6.04. The first kappa shape index (κ1) is 14.4. The molecule has 5 heteroatoms. The van der Waals surface area contributed by atoms with Gasteiger partial charge in [-0.1, -0.05) is 6.07 Å². The number of pyridine rings is 1. The van der Waals surface area contributed by atoms with Crippen LogP contribution in [-0.4, -0.2) is 31.0 Å². The Bertz CT molecular complexity index is 680. The van der Waals surface area contributed by atoms with Crippen molar-refractivity contribution < 1.29 is 4.79 Å². The number of amides is 1. The fraction of sp³-hybridized carbons (Fsp3) is 0.294. The molecule has 0 bridgehead atoms. The Morgan fingerprint density at radius 3 is 2.77 bits per heavy atom.